The van der Waals surface area contributed by atoms with Crippen LogP contribution in [0.2, 0.25) is 0 Å². The molecule has 0 saturated heterocycles. The SMILES string of the molecule is ClCc1cnoc1-c1cccc(Br)c1. The van der Waals surface area contributed by atoms with Crippen LogP contribution in [0, 0.1) is 0 Å². The average Bonchev–Trinajstić information content (AvgIpc) is 2.65. The van der Waals surface area contributed by atoms with E-state index >= 15 is 0 Å². The van der Waals surface area contributed by atoms with Gasteiger partial charge in [-0.25, -0.2) is 0 Å². The highest BCUT2D eigenvalue weighted by molar-refractivity contribution is 9.10. The molecular formula is C10H7BrClNO. The van der Waals surface area contributed by atoms with Crippen molar-refractivity contribution in [1.82, 2.24) is 5.16 Å². The molecule has 14 heavy (non-hydrogen) atoms. The van der Waals surface area contributed by atoms with Crippen molar-refractivity contribution in [2.45, 2.75) is 5.88 Å². The van der Waals surface area contributed by atoms with E-state index < -0.39 is 0 Å². The minimum atomic E-state index is 0.408. The fourth-order valence-electron chi connectivity index (χ4n) is 1.22. The summed E-state index contributed by atoms with van der Waals surface area (Å²) in [5.41, 5.74) is 1.89. The number of halogens is 2. The molecule has 2 nitrogen and oxygen atoms in total. The molecule has 2 aromatic rings. The van der Waals surface area contributed by atoms with Crippen LogP contribution >= 0.6 is 27.5 Å². The molecule has 0 aliphatic heterocycles. The Morgan fingerprint density at radius 1 is 1.43 bits per heavy atom. The van der Waals surface area contributed by atoms with Crippen molar-refractivity contribution in [3.8, 4) is 11.3 Å². The van der Waals surface area contributed by atoms with Gasteiger partial charge < -0.3 is 4.52 Å². The first-order chi connectivity index (χ1) is 6.81. The van der Waals surface area contributed by atoms with E-state index in [1.165, 1.54) is 0 Å². The number of nitrogens with zero attached hydrogens (tertiary/aromatic N) is 1. The zero-order chi connectivity index (χ0) is 9.97. The van der Waals surface area contributed by atoms with E-state index in [9.17, 15) is 0 Å². The third-order valence-electron chi connectivity index (χ3n) is 1.87. The van der Waals surface area contributed by atoms with Crippen molar-refractivity contribution < 1.29 is 4.52 Å². The molecule has 0 saturated carbocycles. The molecule has 72 valence electrons. The van der Waals surface area contributed by atoms with Gasteiger partial charge in [0.1, 0.15) is 0 Å². The standard InChI is InChI=1S/C10H7BrClNO/c11-9-3-1-2-7(4-9)10-8(5-12)6-13-14-10/h1-4,6H,5H2. The summed E-state index contributed by atoms with van der Waals surface area (Å²) in [6.07, 6.45) is 1.64. The average molecular weight is 273 g/mol. The Labute approximate surface area is 95.0 Å². The molecule has 2 rings (SSSR count). The van der Waals surface area contributed by atoms with Crippen molar-refractivity contribution in [2.24, 2.45) is 0 Å². The lowest BCUT2D eigenvalue weighted by molar-refractivity contribution is 0.432. The smallest absolute Gasteiger partial charge is 0.171 e. The predicted molar refractivity (Wildman–Crippen MR) is 59.2 cm³/mol. The van der Waals surface area contributed by atoms with E-state index in [0.717, 1.165) is 21.4 Å². The highest BCUT2D eigenvalue weighted by Crippen LogP contribution is 2.26. The second kappa shape index (κ2) is 4.15. The van der Waals surface area contributed by atoms with Crippen molar-refractivity contribution in [3.63, 3.8) is 0 Å². The minimum absolute atomic E-state index is 0.408. The van der Waals surface area contributed by atoms with Crippen molar-refractivity contribution in [3.05, 3.63) is 40.5 Å². The van der Waals surface area contributed by atoms with Gasteiger partial charge >= 0.3 is 0 Å². The van der Waals surface area contributed by atoms with Crippen LogP contribution in [0.15, 0.2) is 39.5 Å². The van der Waals surface area contributed by atoms with E-state index in [2.05, 4.69) is 21.1 Å². The van der Waals surface area contributed by atoms with Gasteiger partial charge in [-0.05, 0) is 12.1 Å². The van der Waals surface area contributed by atoms with Gasteiger partial charge in [-0.3, -0.25) is 0 Å². The summed E-state index contributed by atoms with van der Waals surface area (Å²) < 4.78 is 6.15. The molecule has 1 aromatic heterocycles. The van der Waals surface area contributed by atoms with E-state index in [1.54, 1.807) is 6.20 Å². The van der Waals surface area contributed by atoms with Crippen LogP contribution in [0.1, 0.15) is 5.56 Å². The van der Waals surface area contributed by atoms with Crippen LogP contribution in [0.3, 0.4) is 0 Å². The first-order valence-corrected chi connectivity index (χ1v) is 5.39. The molecule has 1 heterocycles. The zero-order valence-corrected chi connectivity index (χ0v) is 9.55. The molecule has 1 aromatic carbocycles. The maximum atomic E-state index is 5.75. The normalized spacial score (nSPS) is 10.4. The lowest BCUT2D eigenvalue weighted by atomic mass is 10.1. The molecule has 0 radical (unpaired) electrons. The molecule has 0 fully saturated rings. The summed E-state index contributed by atoms with van der Waals surface area (Å²) in [6.45, 7) is 0. The van der Waals surface area contributed by atoms with Crippen LogP contribution in [-0.4, -0.2) is 5.16 Å². The van der Waals surface area contributed by atoms with Gasteiger partial charge in [-0.15, -0.1) is 11.6 Å². The molecule has 0 N–H and O–H groups in total. The van der Waals surface area contributed by atoms with E-state index in [4.69, 9.17) is 16.1 Å². The molecule has 0 atom stereocenters. The number of rotatable bonds is 2. The first-order valence-electron chi connectivity index (χ1n) is 4.06. The number of hydrogen-bond donors (Lipinski definition) is 0. The third-order valence-corrected chi connectivity index (χ3v) is 2.66. The van der Waals surface area contributed by atoms with Gasteiger partial charge in [0, 0.05) is 15.6 Å². The van der Waals surface area contributed by atoms with Gasteiger partial charge in [0.05, 0.1) is 12.1 Å². The van der Waals surface area contributed by atoms with Crippen molar-refractivity contribution in [2.75, 3.05) is 0 Å². The minimum Gasteiger partial charge on any atom is -0.356 e. The second-order valence-corrected chi connectivity index (χ2v) is 4.01. The summed E-state index contributed by atoms with van der Waals surface area (Å²) in [6, 6.07) is 7.83. The van der Waals surface area contributed by atoms with E-state index in [-0.39, 0.29) is 0 Å². The molecule has 0 amide bonds. The van der Waals surface area contributed by atoms with Crippen LogP contribution in [-0.2, 0) is 5.88 Å². The topological polar surface area (TPSA) is 26.0 Å². The Kier molecular flexibility index (Phi) is 2.89. The zero-order valence-electron chi connectivity index (χ0n) is 7.21. The fraction of sp³-hybridized carbons (Fsp3) is 0.100. The maximum Gasteiger partial charge on any atom is 0.171 e. The Balaban J connectivity index is 2.49. The van der Waals surface area contributed by atoms with Crippen LogP contribution in [0.25, 0.3) is 11.3 Å². The third kappa shape index (κ3) is 1.83. The number of alkyl halides is 1. The Bertz CT molecular complexity index is 441. The van der Waals surface area contributed by atoms with E-state index in [0.29, 0.717) is 5.88 Å². The summed E-state index contributed by atoms with van der Waals surface area (Å²) >= 11 is 9.15. The Morgan fingerprint density at radius 3 is 3.00 bits per heavy atom. The van der Waals surface area contributed by atoms with Gasteiger partial charge in [0.25, 0.3) is 0 Å². The summed E-state index contributed by atoms with van der Waals surface area (Å²) in [5, 5.41) is 3.72. The Morgan fingerprint density at radius 2 is 2.29 bits per heavy atom. The maximum absolute atomic E-state index is 5.75. The van der Waals surface area contributed by atoms with Crippen LogP contribution in [0.5, 0.6) is 0 Å². The van der Waals surface area contributed by atoms with Gasteiger partial charge in [-0.2, -0.15) is 0 Å². The monoisotopic (exact) mass is 271 g/mol. The van der Waals surface area contributed by atoms with Crippen molar-refractivity contribution >= 4 is 27.5 Å². The number of hydrogen-bond acceptors (Lipinski definition) is 2. The summed E-state index contributed by atoms with van der Waals surface area (Å²) in [5.74, 6) is 1.15. The lowest BCUT2D eigenvalue weighted by Gasteiger charge is -1.98. The molecule has 0 aliphatic rings. The summed E-state index contributed by atoms with van der Waals surface area (Å²) in [4.78, 5) is 0. The molecule has 0 unspecified atom stereocenters. The Hall–Kier alpha value is -0.800. The molecule has 0 aliphatic carbocycles. The van der Waals surface area contributed by atoms with Crippen molar-refractivity contribution in [1.29, 1.82) is 0 Å². The van der Waals surface area contributed by atoms with Crippen LogP contribution in [0.4, 0.5) is 0 Å². The van der Waals surface area contributed by atoms with Gasteiger partial charge in [0.2, 0.25) is 0 Å². The predicted octanol–water partition coefficient (Wildman–Crippen LogP) is 3.84. The van der Waals surface area contributed by atoms with Gasteiger partial charge in [0.15, 0.2) is 5.76 Å². The number of benzene rings is 1. The van der Waals surface area contributed by atoms with Gasteiger partial charge in [-0.1, -0.05) is 33.2 Å². The highest BCUT2D eigenvalue weighted by Gasteiger charge is 2.09. The quantitative estimate of drug-likeness (QED) is 0.776. The first kappa shape index (κ1) is 9.74. The fourth-order valence-corrected chi connectivity index (χ4v) is 1.81. The molecule has 0 spiro atoms. The lowest BCUT2D eigenvalue weighted by Crippen LogP contribution is -1.79. The highest BCUT2D eigenvalue weighted by atomic mass is 79.9. The van der Waals surface area contributed by atoms with Crippen LogP contribution < -0.4 is 0 Å². The molecular weight excluding hydrogens is 265 g/mol. The van der Waals surface area contributed by atoms with E-state index in [1.807, 2.05) is 24.3 Å². The molecule has 4 heteroatoms. The number of aromatic nitrogens is 1. The second-order valence-electron chi connectivity index (χ2n) is 2.82. The summed E-state index contributed by atoms with van der Waals surface area (Å²) in [7, 11) is 0. The largest absolute Gasteiger partial charge is 0.356 e. The molecule has 0 bridgehead atoms.